The lowest BCUT2D eigenvalue weighted by Crippen LogP contribution is -2.47. The first-order valence-electron chi connectivity index (χ1n) is 8.80. The van der Waals surface area contributed by atoms with Gasteiger partial charge >= 0.3 is 6.03 Å². The summed E-state index contributed by atoms with van der Waals surface area (Å²) in [4.78, 5) is 26.3. The molecule has 2 aromatic heterocycles. The van der Waals surface area contributed by atoms with Crippen molar-refractivity contribution in [3.63, 3.8) is 0 Å². The van der Waals surface area contributed by atoms with Gasteiger partial charge in [-0.15, -0.1) is 0 Å². The Morgan fingerprint density at radius 3 is 2.62 bits per heavy atom. The van der Waals surface area contributed by atoms with Gasteiger partial charge in [-0.2, -0.15) is 5.10 Å². The number of carbonyl (C=O) groups excluding carboxylic acids is 1. The number of pyridine rings is 1. The fraction of sp³-hybridized carbons (Fsp3) is 0.211. The highest BCUT2D eigenvalue weighted by molar-refractivity contribution is 5.89. The molecule has 1 aliphatic heterocycles. The Bertz CT molecular complexity index is 1130. The Morgan fingerprint density at radius 2 is 1.93 bits per heavy atom. The van der Waals surface area contributed by atoms with Crippen molar-refractivity contribution in [3.8, 4) is 5.69 Å². The molecule has 0 aliphatic carbocycles. The highest BCUT2D eigenvalue weighted by Gasteiger charge is 2.30. The first kappa shape index (κ1) is 18.8. The van der Waals surface area contributed by atoms with E-state index in [2.05, 4.69) is 10.4 Å². The normalized spacial score (nSPS) is 15.9. The molecular weight excluding hydrogens is 387 g/mol. The van der Waals surface area contributed by atoms with Crippen LogP contribution in [-0.4, -0.2) is 31.3 Å². The molecule has 0 unspecified atom stereocenters. The molecule has 7 nitrogen and oxygen atoms in total. The third-order valence-electron chi connectivity index (χ3n) is 4.79. The number of hydrogen-bond acceptors (Lipinski definition) is 3. The average molecular weight is 403 g/mol. The standard InChI is InChI=1S/C19H16F3N5O2/c1-11-9-27-16(15(8-23-27)25-5-3-2-4-17(25)28)10-26(11)19(29)24-12-6-13(20)18(22)14(21)7-12/h2-8,11H,9-10H2,1H3,(H,24,29)/t11-/m0/s1. The van der Waals surface area contributed by atoms with Crippen LogP contribution in [0.3, 0.4) is 0 Å². The first-order valence-corrected chi connectivity index (χ1v) is 8.80. The van der Waals surface area contributed by atoms with Crippen LogP contribution in [0, 0.1) is 17.5 Å². The van der Waals surface area contributed by atoms with E-state index in [4.69, 9.17) is 0 Å². The predicted molar refractivity (Wildman–Crippen MR) is 98.2 cm³/mol. The minimum atomic E-state index is -1.60. The molecule has 10 heteroatoms. The maximum absolute atomic E-state index is 13.4. The van der Waals surface area contributed by atoms with E-state index in [0.29, 0.717) is 30.1 Å². The number of fused-ring (bicyclic) bond motifs is 1. The number of hydrogen-bond donors (Lipinski definition) is 1. The summed E-state index contributed by atoms with van der Waals surface area (Å²) in [6.07, 6.45) is 3.16. The fourth-order valence-electron chi connectivity index (χ4n) is 3.31. The number of anilines is 1. The third-order valence-corrected chi connectivity index (χ3v) is 4.79. The summed E-state index contributed by atoms with van der Waals surface area (Å²) in [5.41, 5.74) is 0.745. The van der Waals surface area contributed by atoms with Crippen molar-refractivity contribution >= 4 is 11.7 Å². The molecule has 29 heavy (non-hydrogen) atoms. The van der Waals surface area contributed by atoms with Crippen molar-refractivity contribution in [2.75, 3.05) is 5.32 Å². The van der Waals surface area contributed by atoms with E-state index in [1.54, 1.807) is 36.1 Å². The van der Waals surface area contributed by atoms with E-state index in [1.807, 2.05) is 0 Å². The number of carbonyl (C=O) groups is 1. The summed E-state index contributed by atoms with van der Waals surface area (Å²) >= 11 is 0. The highest BCUT2D eigenvalue weighted by atomic mass is 19.2. The Kier molecular flexibility index (Phi) is 4.61. The summed E-state index contributed by atoms with van der Waals surface area (Å²) in [6, 6.07) is 5.28. The second kappa shape index (κ2) is 7.12. The van der Waals surface area contributed by atoms with Crippen LogP contribution in [0.1, 0.15) is 12.6 Å². The van der Waals surface area contributed by atoms with E-state index in [-0.39, 0.29) is 23.8 Å². The molecule has 1 N–H and O–H groups in total. The molecule has 3 heterocycles. The molecule has 150 valence electrons. The molecule has 0 fully saturated rings. The van der Waals surface area contributed by atoms with Gasteiger partial charge in [-0.05, 0) is 13.0 Å². The van der Waals surface area contributed by atoms with Crippen LogP contribution in [0.4, 0.5) is 23.7 Å². The van der Waals surface area contributed by atoms with Crippen molar-refractivity contribution in [3.05, 3.63) is 76.2 Å². The Hall–Kier alpha value is -3.56. The number of aromatic nitrogens is 3. The lowest BCUT2D eigenvalue weighted by molar-refractivity contribution is 0.161. The fourth-order valence-corrected chi connectivity index (χ4v) is 3.31. The number of halogens is 3. The molecule has 0 radical (unpaired) electrons. The maximum atomic E-state index is 13.4. The van der Waals surface area contributed by atoms with Gasteiger partial charge in [-0.3, -0.25) is 14.0 Å². The van der Waals surface area contributed by atoms with Gasteiger partial charge in [0.2, 0.25) is 0 Å². The van der Waals surface area contributed by atoms with Crippen molar-refractivity contribution < 1.29 is 18.0 Å². The summed E-state index contributed by atoms with van der Waals surface area (Å²) in [5.74, 6) is -4.39. The van der Waals surface area contributed by atoms with Gasteiger partial charge in [-0.1, -0.05) is 6.07 Å². The Morgan fingerprint density at radius 1 is 1.21 bits per heavy atom. The zero-order valence-electron chi connectivity index (χ0n) is 15.3. The number of nitrogens with one attached hydrogen (secondary N) is 1. The SMILES string of the molecule is C[C@H]1Cn2ncc(-n3ccccc3=O)c2CN1C(=O)Nc1cc(F)c(F)c(F)c1. The number of rotatable bonds is 2. The number of urea groups is 1. The van der Waals surface area contributed by atoms with E-state index in [9.17, 15) is 22.8 Å². The van der Waals surface area contributed by atoms with Crippen LogP contribution in [0.2, 0.25) is 0 Å². The van der Waals surface area contributed by atoms with Crippen LogP contribution in [0.15, 0.2) is 47.5 Å². The van der Waals surface area contributed by atoms with Gasteiger partial charge < -0.3 is 10.2 Å². The monoisotopic (exact) mass is 403 g/mol. The summed E-state index contributed by atoms with van der Waals surface area (Å²) in [6.45, 7) is 2.29. The molecule has 0 bridgehead atoms. The van der Waals surface area contributed by atoms with Gasteiger partial charge in [0.1, 0.15) is 0 Å². The van der Waals surface area contributed by atoms with Gasteiger partial charge in [0.25, 0.3) is 5.56 Å². The van der Waals surface area contributed by atoms with Crippen molar-refractivity contribution in [1.82, 2.24) is 19.2 Å². The van der Waals surface area contributed by atoms with Crippen LogP contribution in [0.5, 0.6) is 0 Å². The first-order chi connectivity index (χ1) is 13.8. The number of benzene rings is 1. The Balaban J connectivity index is 1.62. The molecule has 1 aliphatic rings. The van der Waals surface area contributed by atoms with Crippen molar-refractivity contribution in [2.45, 2.75) is 26.1 Å². The molecular formula is C19H16F3N5O2. The zero-order valence-corrected chi connectivity index (χ0v) is 15.3. The summed E-state index contributed by atoms with van der Waals surface area (Å²) in [5, 5.41) is 6.68. The quantitative estimate of drug-likeness (QED) is 0.669. The van der Waals surface area contributed by atoms with Crippen molar-refractivity contribution in [1.29, 1.82) is 0 Å². The zero-order chi connectivity index (χ0) is 20.7. The Labute approximate surface area is 163 Å². The van der Waals surface area contributed by atoms with Crippen molar-refractivity contribution in [2.24, 2.45) is 0 Å². The van der Waals surface area contributed by atoms with Crippen LogP contribution in [-0.2, 0) is 13.1 Å². The van der Waals surface area contributed by atoms with Crippen LogP contribution >= 0.6 is 0 Å². The largest absolute Gasteiger partial charge is 0.322 e. The van der Waals surface area contributed by atoms with E-state index in [0.717, 1.165) is 0 Å². The number of nitrogens with zero attached hydrogens (tertiary/aromatic N) is 4. The van der Waals surface area contributed by atoms with Gasteiger partial charge in [-0.25, -0.2) is 18.0 Å². The molecule has 0 saturated carbocycles. The van der Waals surface area contributed by atoms with Crippen LogP contribution < -0.4 is 10.9 Å². The summed E-state index contributed by atoms with van der Waals surface area (Å²) < 4.78 is 43.1. The molecule has 0 saturated heterocycles. The molecule has 4 rings (SSSR count). The lowest BCUT2D eigenvalue weighted by Gasteiger charge is -2.34. The predicted octanol–water partition coefficient (Wildman–Crippen LogP) is 2.89. The van der Waals surface area contributed by atoms with Gasteiger partial charge in [0.05, 0.1) is 36.7 Å². The maximum Gasteiger partial charge on any atom is 0.322 e. The average Bonchev–Trinajstić information content (AvgIpc) is 3.08. The third kappa shape index (κ3) is 3.37. The molecule has 3 aromatic rings. The lowest BCUT2D eigenvalue weighted by atomic mass is 10.2. The minimum Gasteiger partial charge on any atom is -0.314 e. The van der Waals surface area contributed by atoms with E-state index < -0.39 is 23.5 Å². The van der Waals surface area contributed by atoms with Gasteiger partial charge in [0.15, 0.2) is 17.5 Å². The second-order valence-electron chi connectivity index (χ2n) is 6.73. The molecule has 1 aromatic carbocycles. The highest BCUT2D eigenvalue weighted by Crippen LogP contribution is 2.24. The van der Waals surface area contributed by atoms with E-state index in [1.165, 1.54) is 15.5 Å². The van der Waals surface area contributed by atoms with Gasteiger partial charge in [0, 0.05) is 30.1 Å². The smallest absolute Gasteiger partial charge is 0.314 e. The minimum absolute atomic E-state index is 0.121. The molecule has 0 spiro atoms. The molecule has 1 atom stereocenters. The number of amides is 2. The molecule has 2 amide bonds. The van der Waals surface area contributed by atoms with Crippen LogP contribution in [0.25, 0.3) is 5.69 Å². The summed E-state index contributed by atoms with van der Waals surface area (Å²) in [7, 11) is 0. The second-order valence-corrected chi connectivity index (χ2v) is 6.73. The topological polar surface area (TPSA) is 72.2 Å². The van der Waals surface area contributed by atoms with E-state index >= 15 is 0 Å².